The summed E-state index contributed by atoms with van der Waals surface area (Å²) in [4.78, 5) is 5.71. The highest BCUT2D eigenvalue weighted by atomic mass is 19.1. The summed E-state index contributed by atoms with van der Waals surface area (Å²) in [7, 11) is 0. The van der Waals surface area contributed by atoms with Crippen LogP contribution in [-0.4, -0.2) is 30.3 Å². The minimum absolute atomic E-state index is 0.271. The van der Waals surface area contributed by atoms with Gasteiger partial charge in [-0.1, -0.05) is 17.1 Å². The normalized spacial score (nSPS) is 24.1. The van der Waals surface area contributed by atoms with Crippen LogP contribution in [0.2, 0.25) is 0 Å². The number of oxime groups is 1. The maximum Gasteiger partial charge on any atom is 0.168 e. The first kappa shape index (κ1) is 14.7. The fraction of sp³-hybridized carbons (Fsp3) is 0.500. The summed E-state index contributed by atoms with van der Waals surface area (Å²) in [5.74, 6) is 5.27. The third kappa shape index (κ3) is 2.97. The first-order valence-corrected chi connectivity index (χ1v) is 7.98. The van der Waals surface area contributed by atoms with E-state index in [0.29, 0.717) is 25.2 Å². The molecule has 0 atom stereocenters. The van der Waals surface area contributed by atoms with Gasteiger partial charge in [0.15, 0.2) is 5.79 Å². The fourth-order valence-electron chi connectivity index (χ4n) is 3.44. The van der Waals surface area contributed by atoms with Crippen LogP contribution < -0.4 is 0 Å². The molecule has 0 bridgehead atoms. The van der Waals surface area contributed by atoms with Crippen LogP contribution in [0.1, 0.15) is 37.7 Å². The molecule has 2 spiro atoms. The van der Waals surface area contributed by atoms with E-state index in [1.165, 1.54) is 12.1 Å². The molecule has 1 aromatic carbocycles. The van der Waals surface area contributed by atoms with Crippen LogP contribution in [-0.2, 0) is 14.3 Å². The van der Waals surface area contributed by atoms with Crippen molar-refractivity contribution in [3.8, 4) is 11.8 Å². The van der Waals surface area contributed by atoms with Gasteiger partial charge in [-0.25, -0.2) is 4.39 Å². The average molecular weight is 315 g/mol. The molecular weight excluding hydrogens is 297 g/mol. The monoisotopic (exact) mass is 315 g/mol. The number of halogens is 1. The van der Waals surface area contributed by atoms with Crippen molar-refractivity contribution in [3.63, 3.8) is 0 Å². The van der Waals surface area contributed by atoms with E-state index in [0.717, 1.165) is 31.4 Å². The lowest BCUT2D eigenvalue weighted by Gasteiger charge is -2.39. The minimum Gasteiger partial charge on any atom is -0.388 e. The smallest absolute Gasteiger partial charge is 0.168 e. The number of hydrogen-bond acceptors (Lipinski definition) is 4. The summed E-state index contributed by atoms with van der Waals surface area (Å²) in [5.41, 5.74) is 1.09. The number of hydrogen-bond donors (Lipinski definition) is 0. The SMILES string of the molecule is Fc1cccc(C#CC2=NOC3(CCC4(CC3)OCCO4)C2)c1. The molecule has 0 amide bonds. The Kier molecular flexibility index (Phi) is 3.59. The zero-order valence-corrected chi connectivity index (χ0v) is 12.8. The molecule has 4 rings (SSSR count). The Labute approximate surface area is 134 Å². The molecule has 2 heterocycles. The molecule has 1 aliphatic carbocycles. The van der Waals surface area contributed by atoms with Crippen molar-refractivity contribution in [1.29, 1.82) is 0 Å². The van der Waals surface area contributed by atoms with Gasteiger partial charge in [-0.3, -0.25) is 0 Å². The van der Waals surface area contributed by atoms with Crippen LogP contribution in [0.3, 0.4) is 0 Å². The molecule has 0 unspecified atom stereocenters. The van der Waals surface area contributed by atoms with Gasteiger partial charge in [-0.2, -0.15) is 0 Å². The van der Waals surface area contributed by atoms with Crippen molar-refractivity contribution >= 4 is 5.71 Å². The maximum absolute atomic E-state index is 13.2. The summed E-state index contributed by atoms with van der Waals surface area (Å²) in [6, 6.07) is 6.25. The zero-order valence-electron chi connectivity index (χ0n) is 12.8. The second-order valence-electron chi connectivity index (χ2n) is 6.36. The van der Waals surface area contributed by atoms with E-state index in [1.54, 1.807) is 12.1 Å². The predicted molar refractivity (Wildman–Crippen MR) is 82.2 cm³/mol. The molecule has 1 saturated heterocycles. The van der Waals surface area contributed by atoms with Gasteiger partial charge in [0, 0.05) is 24.8 Å². The van der Waals surface area contributed by atoms with Gasteiger partial charge in [-0.15, -0.1) is 0 Å². The van der Waals surface area contributed by atoms with E-state index in [2.05, 4.69) is 17.0 Å². The molecular formula is C18H18FNO3. The van der Waals surface area contributed by atoms with Crippen LogP contribution in [0.5, 0.6) is 0 Å². The molecule has 2 aliphatic heterocycles. The van der Waals surface area contributed by atoms with E-state index in [-0.39, 0.29) is 11.4 Å². The Hall–Kier alpha value is -1.90. The van der Waals surface area contributed by atoms with Gasteiger partial charge in [0.05, 0.1) is 13.2 Å². The highest BCUT2D eigenvalue weighted by Crippen LogP contribution is 2.45. The standard InChI is InChI=1S/C18H18FNO3/c19-15-3-1-2-14(12-15)4-5-16-13-17(23-20-16)6-8-18(9-7-17)21-10-11-22-18/h1-3,12H,6-11,13H2. The quantitative estimate of drug-likeness (QED) is 0.691. The molecule has 3 aliphatic rings. The molecule has 2 fully saturated rings. The van der Waals surface area contributed by atoms with Crippen molar-refractivity contribution < 1.29 is 18.7 Å². The third-order valence-electron chi connectivity index (χ3n) is 4.75. The third-order valence-corrected chi connectivity index (χ3v) is 4.75. The van der Waals surface area contributed by atoms with E-state index >= 15 is 0 Å². The molecule has 0 N–H and O–H groups in total. The summed E-state index contributed by atoms with van der Waals surface area (Å²) in [5, 5.41) is 4.13. The van der Waals surface area contributed by atoms with Crippen LogP contribution >= 0.6 is 0 Å². The van der Waals surface area contributed by atoms with E-state index in [1.807, 2.05) is 0 Å². The van der Waals surface area contributed by atoms with Crippen molar-refractivity contribution in [2.45, 2.75) is 43.5 Å². The molecule has 23 heavy (non-hydrogen) atoms. The second kappa shape index (κ2) is 5.63. The number of benzene rings is 1. The summed E-state index contributed by atoms with van der Waals surface area (Å²) in [6.45, 7) is 1.35. The van der Waals surface area contributed by atoms with Gasteiger partial charge in [0.1, 0.15) is 17.1 Å². The van der Waals surface area contributed by atoms with Gasteiger partial charge >= 0.3 is 0 Å². The highest BCUT2D eigenvalue weighted by molar-refractivity contribution is 6.01. The van der Waals surface area contributed by atoms with Crippen LogP contribution in [0.4, 0.5) is 4.39 Å². The first-order chi connectivity index (χ1) is 11.2. The lowest BCUT2D eigenvalue weighted by molar-refractivity contribution is -0.206. The number of nitrogens with zero attached hydrogens (tertiary/aromatic N) is 1. The van der Waals surface area contributed by atoms with Crippen molar-refractivity contribution in [1.82, 2.24) is 0 Å². The molecule has 120 valence electrons. The Morgan fingerprint density at radius 1 is 1.04 bits per heavy atom. The van der Waals surface area contributed by atoms with E-state index < -0.39 is 5.79 Å². The Morgan fingerprint density at radius 3 is 2.57 bits per heavy atom. The molecule has 1 saturated carbocycles. The van der Waals surface area contributed by atoms with Crippen molar-refractivity contribution in [2.75, 3.05) is 13.2 Å². The van der Waals surface area contributed by atoms with Gasteiger partial charge in [-0.05, 0) is 37.0 Å². The van der Waals surface area contributed by atoms with Crippen LogP contribution in [0.15, 0.2) is 29.4 Å². The fourth-order valence-corrected chi connectivity index (χ4v) is 3.44. The van der Waals surface area contributed by atoms with Gasteiger partial charge in [0.2, 0.25) is 0 Å². The number of rotatable bonds is 0. The van der Waals surface area contributed by atoms with Gasteiger partial charge in [0.25, 0.3) is 0 Å². The summed E-state index contributed by atoms with van der Waals surface area (Å²) >= 11 is 0. The molecule has 0 aromatic heterocycles. The minimum atomic E-state index is -0.398. The van der Waals surface area contributed by atoms with E-state index in [9.17, 15) is 4.39 Å². The first-order valence-electron chi connectivity index (χ1n) is 7.98. The van der Waals surface area contributed by atoms with E-state index in [4.69, 9.17) is 14.3 Å². The topological polar surface area (TPSA) is 40.0 Å². The lowest BCUT2D eigenvalue weighted by atomic mass is 9.78. The Balaban J connectivity index is 1.40. The van der Waals surface area contributed by atoms with Crippen molar-refractivity contribution in [2.24, 2.45) is 5.16 Å². The molecule has 0 radical (unpaired) electrons. The van der Waals surface area contributed by atoms with Gasteiger partial charge < -0.3 is 14.3 Å². The summed E-state index contributed by atoms with van der Waals surface area (Å²) in [6.07, 6.45) is 4.05. The number of ether oxygens (including phenoxy) is 2. The lowest BCUT2D eigenvalue weighted by Crippen LogP contribution is -2.43. The summed E-state index contributed by atoms with van der Waals surface area (Å²) < 4.78 is 24.6. The zero-order chi connectivity index (χ0) is 15.8. The molecule has 5 heteroatoms. The molecule has 4 nitrogen and oxygen atoms in total. The highest BCUT2D eigenvalue weighted by Gasteiger charge is 2.50. The maximum atomic E-state index is 13.2. The Morgan fingerprint density at radius 2 is 1.83 bits per heavy atom. The van der Waals surface area contributed by atoms with Crippen LogP contribution in [0.25, 0.3) is 0 Å². The molecule has 1 aromatic rings. The van der Waals surface area contributed by atoms with Crippen LogP contribution in [0, 0.1) is 17.7 Å². The van der Waals surface area contributed by atoms with Crippen molar-refractivity contribution in [3.05, 3.63) is 35.6 Å². The average Bonchev–Trinajstić information content (AvgIpc) is 3.17. The Bertz CT molecular complexity index is 688. The largest absolute Gasteiger partial charge is 0.388 e. The predicted octanol–water partition coefficient (Wildman–Crippen LogP) is 3.01. The second-order valence-corrected chi connectivity index (χ2v) is 6.36.